The number of anilines is 1. The van der Waals surface area contributed by atoms with Crippen LogP contribution in [-0.2, 0) is 16.5 Å². The van der Waals surface area contributed by atoms with E-state index >= 15 is 0 Å². The molecule has 2 aliphatic rings. The van der Waals surface area contributed by atoms with Gasteiger partial charge in [0, 0.05) is 33.8 Å². The molecular weight excluding hydrogens is 619 g/mol. The van der Waals surface area contributed by atoms with Gasteiger partial charge in [0.25, 0.3) is 5.56 Å². The lowest BCUT2D eigenvalue weighted by atomic mass is 9.93. The standard InChI is InChI=1S/C33H27ClF3N7O2/c1-18-6-8-22-15-32(22,21-5-3-4-20(12-21)30-25(40-31(18)46)10-7-19(2)39-30)43-17-38-26(14-29(43)45)24-13-23(34)9-11-27(24)44-16-28(41-42-44)33(35,36)37/h3-5,7,9-14,16-18,22H,6,8,15H2,1-2H3,(H,40,46)/t18-,22?,32?/m1/s1. The predicted molar refractivity (Wildman–Crippen MR) is 165 cm³/mol. The highest BCUT2D eigenvalue weighted by molar-refractivity contribution is 6.31. The molecule has 1 amide bonds. The predicted octanol–water partition coefficient (Wildman–Crippen LogP) is 6.67. The van der Waals surface area contributed by atoms with Crippen molar-refractivity contribution in [2.24, 2.45) is 11.8 Å². The van der Waals surface area contributed by atoms with E-state index in [2.05, 4.69) is 20.6 Å². The van der Waals surface area contributed by atoms with E-state index in [1.807, 2.05) is 50.2 Å². The number of aromatic nitrogens is 6. The quantitative estimate of drug-likeness (QED) is 0.235. The Kier molecular flexibility index (Phi) is 7.07. The Labute approximate surface area is 266 Å². The fraction of sp³-hybridized carbons (Fsp3) is 0.273. The van der Waals surface area contributed by atoms with Gasteiger partial charge >= 0.3 is 6.18 Å². The molecule has 7 rings (SSSR count). The largest absolute Gasteiger partial charge is 0.436 e. The Bertz CT molecular complexity index is 2080. The number of hydrogen-bond acceptors (Lipinski definition) is 6. The van der Waals surface area contributed by atoms with Crippen LogP contribution in [0.3, 0.4) is 0 Å². The first kappa shape index (κ1) is 29.8. The molecule has 13 heteroatoms. The molecule has 4 heterocycles. The van der Waals surface area contributed by atoms with Gasteiger partial charge < -0.3 is 5.32 Å². The van der Waals surface area contributed by atoms with Crippen LogP contribution in [0.2, 0.25) is 5.02 Å². The second-order valence-electron chi connectivity index (χ2n) is 11.9. The fourth-order valence-corrected chi connectivity index (χ4v) is 6.54. The smallest absolute Gasteiger partial charge is 0.324 e. The number of amides is 1. The minimum Gasteiger partial charge on any atom is -0.324 e. The maximum Gasteiger partial charge on any atom is 0.436 e. The maximum absolute atomic E-state index is 14.0. The number of halogens is 4. The molecule has 0 saturated heterocycles. The number of aryl methyl sites for hydroxylation is 1. The van der Waals surface area contributed by atoms with Gasteiger partial charge in [0.2, 0.25) is 5.91 Å². The van der Waals surface area contributed by atoms with Crippen molar-refractivity contribution in [1.82, 2.24) is 29.5 Å². The normalized spacial score (nSPS) is 21.0. The molecule has 1 N–H and O–H groups in total. The number of benzene rings is 2. The maximum atomic E-state index is 14.0. The van der Waals surface area contributed by atoms with Gasteiger partial charge in [-0.1, -0.05) is 41.9 Å². The Morgan fingerprint density at radius 3 is 2.63 bits per heavy atom. The molecule has 1 saturated carbocycles. The Morgan fingerprint density at radius 1 is 1.04 bits per heavy atom. The molecule has 1 aliphatic carbocycles. The van der Waals surface area contributed by atoms with Crippen molar-refractivity contribution in [3.05, 3.63) is 106 Å². The third-order valence-electron chi connectivity index (χ3n) is 8.90. The number of carbonyl (C=O) groups excluding carboxylic acids is 1. The molecule has 0 radical (unpaired) electrons. The zero-order valence-electron chi connectivity index (χ0n) is 24.7. The van der Waals surface area contributed by atoms with Crippen molar-refractivity contribution in [3.63, 3.8) is 0 Å². The van der Waals surface area contributed by atoms with Gasteiger partial charge in [-0.05, 0) is 74.1 Å². The molecule has 2 unspecified atom stereocenters. The first-order valence-electron chi connectivity index (χ1n) is 14.7. The Hall–Kier alpha value is -4.84. The van der Waals surface area contributed by atoms with Crippen LogP contribution in [0.15, 0.2) is 78.0 Å². The third kappa shape index (κ3) is 5.16. The van der Waals surface area contributed by atoms with E-state index in [9.17, 15) is 22.8 Å². The number of nitrogens with one attached hydrogen (secondary N) is 1. The number of alkyl halides is 3. The van der Waals surface area contributed by atoms with Gasteiger partial charge in [-0.15, -0.1) is 5.10 Å². The van der Waals surface area contributed by atoms with Gasteiger partial charge in [0.1, 0.15) is 0 Å². The zero-order chi connectivity index (χ0) is 32.4. The molecule has 3 atom stereocenters. The van der Waals surface area contributed by atoms with Gasteiger partial charge in [-0.3, -0.25) is 19.1 Å². The molecule has 9 nitrogen and oxygen atoms in total. The fourth-order valence-electron chi connectivity index (χ4n) is 6.37. The van der Waals surface area contributed by atoms with Crippen LogP contribution in [-0.4, -0.2) is 35.4 Å². The molecule has 1 fully saturated rings. The van der Waals surface area contributed by atoms with Crippen molar-refractivity contribution < 1.29 is 18.0 Å². The van der Waals surface area contributed by atoms with E-state index in [-0.39, 0.29) is 34.7 Å². The number of carbonyl (C=O) groups is 1. The average molecular weight is 646 g/mol. The van der Waals surface area contributed by atoms with E-state index in [1.165, 1.54) is 30.6 Å². The Balaban J connectivity index is 1.33. The van der Waals surface area contributed by atoms with Crippen LogP contribution in [0.4, 0.5) is 18.9 Å². The van der Waals surface area contributed by atoms with E-state index in [0.29, 0.717) is 41.2 Å². The molecule has 0 spiro atoms. The SMILES string of the molecule is Cc1ccc2c(n1)-c1cccc(c1)C1(n3cnc(-c4cc(Cl)ccc4-n4cc(C(F)(F)F)nn4)cc3=O)CC1CC[C@@H](C)C(=O)N2. The minimum atomic E-state index is -4.67. The number of pyridine rings is 1. The lowest BCUT2D eigenvalue weighted by Crippen LogP contribution is -2.33. The lowest BCUT2D eigenvalue weighted by molar-refractivity contribution is -0.141. The van der Waals surface area contributed by atoms with Crippen LogP contribution in [0, 0.1) is 18.8 Å². The van der Waals surface area contributed by atoms with Crippen LogP contribution in [0.25, 0.3) is 28.2 Å². The third-order valence-corrected chi connectivity index (χ3v) is 9.14. The van der Waals surface area contributed by atoms with E-state index in [1.54, 1.807) is 4.57 Å². The highest BCUT2D eigenvalue weighted by Gasteiger charge is 2.57. The monoisotopic (exact) mass is 645 g/mol. The van der Waals surface area contributed by atoms with E-state index in [4.69, 9.17) is 16.6 Å². The van der Waals surface area contributed by atoms with Crippen molar-refractivity contribution in [1.29, 1.82) is 0 Å². The summed E-state index contributed by atoms with van der Waals surface area (Å²) in [4.78, 5) is 36.5. The molecule has 5 aromatic rings. The molecule has 2 bridgehead atoms. The number of hydrogen-bond donors (Lipinski definition) is 1. The summed E-state index contributed by atoms with van der Waals surface area (Å²) in [6, 6.07) is 17.5. The first-order valence-corrected chi connectivity index (χ1v) is 15.1. The molecule has 1 aliphatic heterocycles. The topological polar surface area (TPSA) is 108 Å². The van der Waals surface area contributed by atoms with Crippen LogP contribution >= 0.6 is 11.6 Å². The summed E-state index contributed by atoms with van der Waals surface area (Å²) in [7, 11) is 0. The summed E-state index contributed by atoms with van der Waals surface area (Å²) in [5, 5.41) is 10.3. The van der Waals surface area contributed by atoms with Crippen molar-refractivity contribution in [2.45, 2.75) is 44.8 Å². The van der Waals surface area contributed by atoms with Crippen molar-refractivity contribution in [3.8, 4) is 28.2 Å². The highest BCUT2D eigenvalue weighted by Crippen LogP contribution is 2.57. The van der Waals surface area contributed by atoms with Gasteiger partial charge in [0.05, 0.1) is 40.8 Å². The second-order valence-corrected chi connectivity index (χ2v) is 12.3. The van der Waals surface area contributed by atoms with E-state index < -0.39 is 17.4 Å². The lowest BCUT2D eigenvalue weighted by Gasteiger charge is -2.24. The molecule has 3 aromatic heterocycles. The highest BCUT2D eigenvalue weighted by atomic mass is 35.5. The van der Waals surface area contributed by atoms with E-state index in [0.717, 1.165) is 27.7 Å². The first-order chi connectivity index (χ1) is 21.9. The van der Waals surface area contributed by atoms with Gasteiger partial charge in [-0.2, -0.15) is 13.2 Å². The summed E-state index contributed by atoms with van der Waals surface area (Å²) in [5.41, 5.74) is 2.36. The average Bonchev–Trinajstić information content (AvgIpc) is 3.52. The number of nitrogens with zero attached hydrogens (tertiary/aromatic N) is 6. The van der Waals surface area contributed by atoms with Crippen LogP contribution in [0.1, 0.15) is 43.1 Å². The molecular formula is C33H27ClF3N7O2. The van der Waals surface area contributed by atoms with Gasteiger partial charge in [0.15, 0.2) is 5.69 Å². The van der Waals surface area contributed by atoms with Crippen LogP contribution < -0.4 is 10.9 Å². The summed E-state index contributed by atoms with van der Waals surface area (Å²) < 4.78 is 42.4. The Morgan fingerprint density at radius 2 is 1.87 bits per heavy atom. The van der Waals surface area contributed by atoms with Crippen molar-refractivity contribution in [2.75, 3.05) is 5.32 Å². The summed E-state index contributed by atoms with van der Waals surface area (Å²) in [6.07, 6.45) is -0.422. The summed E-state index contributed by atoms with van der Waals surface area (Å²) in [5.74, 6) is -0.297. The van der Waals surface area contributed by atoms with Crippen molar-refractivity contribution >= 4 is 23.2 Å². The zero-order valence-corrected chi connectivity index (χ0v) is 25.5. The summed E-state index contributed by atoms with van der Waals surface area (Å²) in [6.45, 7) is 3.78. The van der Waals surface area contributed by atoms with Gasteiger partial charge in [-0.25, -0.2) is 9.67 Å². The minimum absolute atomic E-state index is 0.0605. The number of fused-ring (bicyclic) bond motifs is 6. The molecule has 46 heavy (non-hydrogen) atoms. The molecule has 2 aromatic carbocycles. The summed E-state index contributed by atoms with van der Waals surface area (Å²) >= 11 is 6.28. The second kappa shape index (κ2) is 10.9. The number of rotatable bonds is 3. The van der Waals surface area contributed by atoms with Crippen LogP contribution in [0.5, 0.6) is 0 Å². The molecule has 234 valence electrons.